The number of ether oxygens (including phenoxy) is 2. The molecule has 2 unspecified atom stereocenters. The molecule has 12 nitrogen and oxygen atoms in total. The van der Waals surface area contributed by atoms with Gasteiger partial charge in [-0.3, -0.25) is 14.6 Å². The Hall–Kier alpha value is -4.45. The number of hydrogen-bond donors (Lipinski definition) is 1. The molecule has 0 spiro atoms. The first-order chi connectivity index (χ1) is 21.0. The number of ketones is 1. The summed E-state index contributed by atoms with van der Waals surface area (Å²) in [5.74, 6) is 0.128. The fraction of sp³-hybridized carbons (Fsp3) is 0.469. The SMILES string of the molecule is COc1ccc(CC(C)C(C)C[C@@]2(c3cc4cnccc4o3)NC(=O)N(COC(=O)N3CCN(C)CC3)C2=O)c(C(C)=O)c1. The highest BCUT2D eigenvalue weighted by atomic mass is 16.6. The number of aromatic nitrogens is 1. The van der Waals surface area contributed by atoms with Crippen LogP contribution in [-0.2, 0) is 21.5 Å². The highest BCUT2D eigenvalue weighted by molar-refractivity contribution is 6.07. The van der Waals surface area contributed by atoms with Crippen LogP contribution >= 0.6 is 0 Å². The normalized spacial score (nSPS) is 20.5. The number of rotatable bonds is 10. The first-order valence-electron chi connectivity index (χ1n) is 14.8. The van der Waals surface area contributed by atoms with E-state index < -0.39 is 30.3 Å². The zero-order valence-corrected chi connectivity index (χ0v) is 25.8. The Kier molecular flexibility index (Phi) is 8.91. The van der Waals surface area contributed by atoms with E-state index in [9.17, 15) is 19.2 Å². The maximum Gasteiger partial charge on any atom is 0.411 e. The highest BCUT2D eigenvalue weighted by Crippen LogP contribution is 2.40. The van der Waals surface area contributed by atoms with Crippen molar-refractivity contribution in [1.82, 2.24) is 25.0 Å². The van der Waals surface area contributed by atoms with Gasteiger partial charge in [0.15, 0.2) is 18.1 Å². The molecule has 1 N–H and O–H groups in total. The van der Waals surface area contributed by atoms with Gasteiger partial charge in [-0.15, -0.1) is 0 Å². The maximum absolute atomic E-state index is 14.2. The predicted molar refractivity (Wildman–Crippen MR) is 161 cm³/mol. The van der Waals surface area contributed by atoms with Crippen LogP contribution in [0.3, 0.4) is 0 Å². The Morgan fingerprint density at radius 1 is 1.09 bits per heavy atom. The number of benzene rings is 1. The second-order valence-corrected chi connectivity index (χ2v) is 11.9. The molecule has 2 fully saturated rings. The number of nitrogens with one attached hydrogen (secondary N) is 1. The molecule has 5 rings (SSSR count). The van der Waals surface area contributed by atoms with E-state index in [-0.39, 0.29) is 29.8 Å². The van der Waals surface area contributed by atoms with Crippen molar-refractivity contribution < 1.29 is 33.1 Å². The molecule has 2 aliphatic heterocycles. The van der Waals surface area contributed by atoms with Crippen LogP contribution in [0.1, 0.15) is 48.9 Å². The molecule has 0 aliphatic carbocycles. The number of imide groups is 1. The molecule has 234 valence electrons. The maximum atomic E-state index is 14.2. The van der Waals surface area contributed by atoms with Crippen molar-refractivity contribution in [2.75, 3.05) is 47.1 Å². The summed E-state index contributed by atoms with van der Waals surface area (Å²) in [4.78, 5) is 61.4. The molecule has 2 saturated heterocycles. The zero-order valence-electron chi connectivity index (χ0n) is 25.8. The number of furan rings is 1. The molecule has 0 saturated carbocycles. The number of nitrogens with zero attached hydrogens (tertiary/aromatic N) is 4. The van der Waals surface area contributed by atoms with Crippen LogP contribution in [-0.4, -0.2) is 90.6 Å². The molecule has 44 heavy (non-hydrogen) atoms. The van der Waals surface area contributed by atoms with Crippen molar-refractivity contribution >= 4 is 34.8 Å². The minimum absolute atomic E-state index is 0.00164. The molecule has 0 radical (unpaired) electrons. The third kappa shape index (κ3) is 6.12. The standard InChI is InChI=1S/C32H39N5O7/c1-20(14-23-6-7-25(42-5)16-26(23)22(3)38)21(2)17-32(28-15-24-18-33-9-8-27(24)44-28)29(39)37(30(40)34-32)19-43-31(41)36-12-10-35(4)11-13-36/h6-9,15-16,18,20-21H,10-14,17,19H2,1-5H3,(H,34,40)/t20?,21?,32-/m0/s1. The Morgan fingerprint density at radius 2 is 1.84 bits per heavy atom. The fourth-order valence-electron chi connectivity index (χ4n) is 5.86. The Bertz CT molecular complexity index is 1530. The second-order valence-electron chi connectivity index (χ2n) is 11.9. The monoisotopic (exact) mass is 605 g/mol. The lowest BCUT2D eigenvalue weighted by Gasteiger charge is -2.32. The molecule has 3 atom stereocenters. The lowest BCUT2D eigenvalue weighted by atomic mass is 9.78. The summed E-state index contributed by atoms with van der Waals surface area (Å²) < 4.78 is 16.9. The van der Waals surface area contributed by atoms with Crippen LogP contribution in [0, 0.1) is 11.8 Å². The van der Waals surface area contributed by atoms with Gasteiger partial charge < -0.3 is 29.0 Å². The van der Waals surface area contributed by atoms with E-state index in [1.165, 1.54) is 6.92 Å². The Labute approximate surface area is 256 Å². The van der Waals surface area contributed by atoms with Crippen molar-refractivity contribution in [3.05, 3.63) is 59.6 Å². The smallest absolute Gasteiger partial charge is 0.411 e. The molecule has 12 heteroatoms. The van der Waals surface area contributed by atoms with E-state index in [4.69, 9.17) is 13.9 Å². The summed E-state index contributed by atoms with van der Waals surface area (Å²) in [7, 11) is 3.53. The van der Waals surface area contributed by atoms with Gasteiger partial charge in [0.25, 0.3) is 5.91 Å². The number of amides is 4. The van der Waals surface area contributed by atoms with E-state index >= 15 is 0 Å². The number of likely N-dealkylation sites (N-methyl/N-ethyl adjacent to an activating group) is 1. The summed E-state index contributed by atoms with van der Waals surface area (Å²) in [5, 5.41) is 3.58. The first kappa shape index (κ1) is 31.0. The number of fused-ring (bicyclic) bond motifs is 1. The largest absolute Gasteiger partial charge is 0.497 e. The van der Waals surface area contributed by atoms with E-state index in [0.717, 1.165) is 10.5 Å². The average Bonchev–Trinajstić information content (AvgIpc) is 3.55. The molecular weight excluding hydrogens is 566 g/mol. The summed E-state index contributed by atoms with van der Waals surface area (Å²) in [6.07, 6.45) is 3.42. The minimum atomic E-state index is -1.53. The predicted octanol–water partition coefficient (Wildman–Crippen LogP) is 4.03. The van der Waals surface area contributed by atoms with Crippen molar-refractivity contribution in [2.24, 2.45) is 11.8 Å². The van der Waals surface area contributed by atoms with Gasteiger partial charge >= 0.3 is 12.1 Å². The number of hydrogen-bond acceptors (Lipinski definition) is 9. The molecule has 2 aliphatic rings. The minimum Gasteiger partial charge on any atom is -0.497 e. The first-order valence-corrected chi connectivity index (χ1v) is 14.8. The van der Waals surface area contributed by atoms with Crippen molar-refractivity contribution in [3.8, 4) is 5.75 Å². The second kappa shape index (κ2) is 12.7. The van der Waals surface area contributed by atoms with Gasteiger partial charge in [0.05, 0.1) is 7.11 Å². The van der Waals surface area contributed by atoms with E-state index in [1.807, 2.05) is 33.0 Å². The fourth-order valence-corrected chi connectivity index (χ4v) is 5.86. The van der Waals surface area contributed by atoms with Crippen molar-refractivity contribution in [3.63, 3.8) is 0 Å². The van der Waals surface area contributed by atoms with Crippen LogP contribution in [0.25, 0.3) is 11.0 Å². The number of Topliss-reactive ketones (excluding diaryl/α,β-unsaturated/α-hetero) is 1. The number of pyridine rings is 1. The third-order valence-electron chi connectivity index (χ3n) is 8.83. The quantitative estimate of drug-likeness (QED) is 0.268. The van der Waals surface area contributed by atoms with Gasteiger partial charge in [-0.1, -0.05) is 19.9 Å². The zero-order chi connectivity index (χ0) is 31.6. The molecule has 3 aromatic rings. The van der Waals surface area contributed by atoms with Gasteiger partial charge in [0.1, 0.15) is 17.1 Å². The average molecular weight is 606 g/mol. The molecule has 1 aromatic carbocycles. The molecule has 4 heterocycles. The lowest BCUT2D eigenvalue weighted by molar-refractivity contribution is -0.135. The van der Waals surface area contributed by atoms with Crippen LogP contribution in [0.4, 0.5) is 9.59 Å². The molecule has 4 amide bonds. The van der Waals surface area contributed by atoms with Crippen LogP contribution in [0.15, 0.2) is 47.1 Å². The lowest BCUT2D eigenvalue weighted by Crippen LogP contribution is -2.48. The van der Waals surface area contributed by atoms with Gasteiger partial charge in [0, 0.05) is 49.5 Å². The van der Waals surface area contributed by atoms with Crippen molar-refractivity contribution in [2.45, 2.75) is 39.2 Å². The highest BCUT2D eigenvalue weighted by Gasteiger charge is 2.56. The number of carbonyl (C=O) groups excluding carboxylic acids is 4. The van der Waals surface area contributed by atoms with E-state index in [1.54, 1.807) is 42.6 Å². The van der Waals surface area contributed by atoms with Crippen LogP contribution in [0.5, 0.6) is 5.75 Å². The van der Waals surface area contributed by atoms with Gasteiger partial charge in [-0.05, 0) is 68.5 Å². The number of carbonyl (C=O) groups is 4. The van der Waals surface area contributed by atoms with Gasteiger partial charge in [-0.2, -0.15) is 0 Å². The number of methoxy groups -OCH3 is 1. The van der Waals surface area contributed by atoms with Crippen molar-refractivity contribution in [1.29, 1.82) is 0 Å². The summed E-state index contributed by atoms with van der Waals surface area (Å²) in [5.41, 5.74) is 0.455. The topological polar surface area (TPSA) is 135 Å². The third-order valence-corrected chi connectivity index (χ3v) is 8.83. The molecular formula is C32H39N5O7. The molecule has 2 aromatic heterocycles. The van der Waals surface area contributed by atoms with Gasteiger partial charge in [-0.25, -0.2) is 14.5 Å². The Morgan fingerprint density at radius 3 is 2.52 bits per heavy atom. The molecule has 0 bridgehead atoms. The Balaban J connectivity index is 1.39. The number of urea groups is 1. The number of piperazine rings is 1. The van der Waals surface area contributed by atoms with E-state index in [0.29, 0.717) is 54.9 Å². The summed E-state index contributed by atoms with van der Waals surface area (Å²) in [6.45, 7) is 7.48. The van der Waals surface area contributed by atoms with Crippen LogP contribution < -0.4 is 10.1 Å². The summed E-state index contributed by atoms with van der Waals surface area (Å²) >= 11 is 0. The summed E-state index contributed by atoms with van der Waals surface area (Å²) in [6, 6.07) is 8.19. The van der Waals surface area contributed by atoms with E-state index in [2.05, 4.69) is 15.2 Å². The van der Waals surface area contributed by atoms with Gasteiger partial charge in [0.2, 0.25) is 0 Å². The van der Waals surface area contributed by atoms with Crippen LogP contribution in [0.2, 0.25) is 0 Å².